The molecule has 36 heavy (non-hydrogen) atoms. The minimum atomic E-state index is -0.683. The van der Waals surface area contributed by atoms with Crippen LogP contribution in [0.1, 0.15) is 30.5 Å². The summed E-state index contributed by atoms with van der Waals surface area (Å²) in [6.07, 6.45) is 0.408. The molecule has 6 heteroatoms. The highest BCUT2D eigenvalue weighted by Gasteiger charge is 2.31. The van der Waals surface area contributed by atoms with E-state index in [9.17, 15) is 9.59 Å². The third kappa shape index (κ3) is 7.87. The Morgan fingerprint density at radius 2 is 1.53 bits per heavy atom. The fourth-order valence-corrected chi connectivity index (χ4v) is 3.85. The zero-order valence-corrected chi connectivity index (χ0v) is 21.6. The number of amides is 2. The fourth-order valence-electron chi connectivity index (χ4n) is 3.85. The number of nitrogens with zero attached hydrogens (tertiary/aromatic N) is 1. The van der Waals surface area contributed by atoms with Gasteiger partial charge in [-0.2, -0.15) is 0 Å². The first-order chi connectivity index (χ1) is 17.4. The van der Waals surface area contributed by atoms with Gasteiger partial charge in [0.25, 0.3) is 5.91 Å². The van der Waals surface area contributed by atoms with Gasteiger partial charge in [-0.1, -0.05) is 68.4 Å². The maximum absolute atomic E-state index is 13.6. The summed E-state index contributed by atoms with van der Waals surface area (Å²) in [6.45, 7) is 6.78. The quantitative estimate of drug-likeness (QED) is 0.398. The molecule has 6 nitrogen and oxygen atoms in total. The second-order valence-corrected chi connectivity index (χ2v) is 9.26. The van der Waals surface area contributed by atoms with Gasteiger partial charge >= 0.3 is 0 Å². The highest BCUT2D eigenvalue weighted by molar-refractivity contribution is 5.88. The van der Waals surface area contributed by atoms with Crippen LogP contribution in [-0.2, 0) is 22.6 Å². The van der Waals surface area contributed by atoms with Crippen LogP contribution in [0.5, 0.6) is 11.5 Å². The topological polar surface area (TPSA) is 67.9 Å². The number of carbonyl (C=O) groups excluding carboxylic acids is 2. The van der Waals surface area contributed by atoms with Crippen LogP contribution >= 0.6 is 0 Å². The van der Waals surface area contributed by atoms with E-state index in [1.807, 2.05) is 75.4 Å². The van der Waals surface area contributed by atoms with Crippen molar-refractivity contribution in [1.29, 1.82) is 0 Å². The van der Waals surface area contributed by atoms with E-state index in [4.69, 9.17) is 9.47 Å². The van der Waals surface area contributed by atoms with E-state index in [2.05, 4.69) is 5.32 Å². The predicted octanol–water partition coefficient (Wildman–Crippen LogP) is 4.79. The van der Waals surface area contributed by atoms with Crippen molar-refractivity contribution in [3.63, 3.8) is 0 Å². The van der Waals surface area contributed by atoms with E-state index in [-0.39, 0.29) is 18.4 Å². The lowest BCUT2D eigenvalue weighted by atomic mass is 10.0. The van der Waals surface area contributed by atoms with Gasteiger partial charge < -0.3 is 19.7 Å². The number of nitrogens with one attached hydrogen (secondary N) is 1. The zero-order valence-electron chi connectivity index (χ0n) is 21.6. The van der Waals surface area contributed by atoms with E-state index < -0.39 is 6.04 Å². The van der Waals surface area contributed by atoms with Gasteiger partial charge in [-0.05, 0) is 53.8 Å². The number of aryl methyl sites for hydroxylation is 1. The summed E-state index contributed by atoms with van der Waals surface area (Å²) in [5.41, 5.74) is 3.04. The average Bonchev–Trinajstić information content (AvgIpc) is 2.89. The van der Waals surface area contributed by atoms with Crippen molar-refractivity contribution >= 4 is 11.8 Å². The Kier molecular flexibility index (Phi) is 9.92. The van der Waals surface area contributed by atoms with Crippen LogP contribution < -0.4 is 14.8 Å². The highest BCUT2D eigenvalue weighted by Crippen LogP contribution is 2.20. The van der Waals surface area contributed by atoms with Crippen molar-refractivity contribution in [1.82, 2.24) is 10.2 Å². The summed E-state index contributed by atoms with van der Waals surface area (Å²) in [4.78, 5) is 28.7. The first-order valence-electron chi connectivity index (χ1n) is 12.3. The maximum Gasteiger partial charge on any atom is 0.261 e. The van der Waals surface area contributed by atoms with Crippen LogP contribution in [0.25, 0.3) is 0 Å². The molecule has 0 fully saturated rings. The molecule has 0 spiro atoms. The summed E-state index contributed by atoms with van der Waals surface area (Å²) in [5, 5.41) is 3.04. The molecule has 2 amide bonds. The van der Waals surface area contributed by atoms with Crippen molar-refractivity contribution in [3.05, 3.63) is 95.6 Å². The van der Waals surface area contributed by atoms with Gasteiger partial charge in [-0.25, -0.2) is 0 Å². The van der Waals surface area contributed by atoms with Gasteiger partial charge in [0.05, 0.1) is 7.11 Å². The van der Waals surface area contributed by atoms with Crippen molar-refractivity contribution in [2.24, 2.45) is 5.92 Å². The van der Waals surface area contributed by atoms with Crippen molar-refractivity contribution in [3.8, 4) is 11.5 Å². The van der Waals surface area contributed by atoms with Crippen molar-refractivity contribution in [2.75, 3.05) is 20.3 Å². The summed E-state index contributed by atoms with van der Waals surface area (Å²) in [7, 11) is 1.60. The lowest BCUT2D eigenvalue weighted by molar-refractivity contribution is -0.142. The molecule has 0 aliphatic heterocycles. The monoisotopic (exact) mass is 488 g/mol. The Bertz CT molecular complexity index is 1110. The third-order valence-electron chi connectivity index (χ3n) is 5.98. The summed E-state index contributed by atoms with van der Waals surface area (Å²) >= 11 is 0. The molecule has 0 aliphatic rings. The Morgan fingerprint density at radius 3 is 2.17 bits per heavy atom. The van der Waals surface area contributed by atoms with Gasteiger partial charge in [0, 0.05) is 19.5 Å². The molecule has 0 bridgehead atoms. The Balaban J connectivity index is 1.89. The van der Waals surface area contributed by atoms with Crippen molar-refractivity contribution in [2.45, 2.75) is 39.8 Å². The summed E-state index contributed by atoms with van der Waals surface area (Å²) < 4.78 is 11.0. The van der Waals surface area contributed by atoms with Crippen LogP contribution in [0.15, 0.2) is 78.9 Å². The maximum atomic E-state index is 13.6. The molecule has 1 N–H and O–H groups in total. The highest BCUT2D eigenvalue weighted by atomic mass is 16.5. The van der Waals surface area contributed by atoms with Crippen LogP contribution in [0.2, 0.25) is 0 Å². The second kappa shape index (κ2) is 13.3. The van der Waals surface area contributed by atoms with E-state index >= 15 is 0 Å². The smallest absolute Gasteiger partial charge is 0.261 e. The molecule has 3 rings (SSSR count). The van der Waals surface area contributed by atoms with E-state index in [1.54, 1.807) is 36.3 Å². The van der Waals surface area contributed by atoms with E-state index in [0.717, 1.165) is 16.7 Å². The Labute approximate surface area is 214 Å². The SMILES string of the molecule is COc1ccc(OCC(=O)N(Cc2ccccc2C)[C@@H](Cc2ccccc2)C(=O)NCC(C)C)cc1. The van der Waals surface area contributed by atoms with Crippen molar-refractivity contribution < 1.29 is 19.1 Å². The normalized spacial score (nSPS) is 11.6. The van der Waals surface area contributed by atoms with E-state index in [1.165, 1.54) is 0 Å². The number of hydrogen-bond acceptors (Lipinski definition) is 4. The lowest BCUT2D eigenvalue weighted by Crippen LogP contribution is -2.52. The number of benzene rings is 3. The molecule has 3 aromatic rings. The first kappa shape index (κ1) is 26.8. The lowest BCUT2D eigenvalue weighted by Gasteiger charge is -2.32. The van der Waals surface area contributed by atoms with E-state index in [0.29, 0.717) is 36.9 Å². The number of hydrogen-bond donors (Lipinski definition) is 1. The molecule has 0 radical (unpaired) electrons. The number of rotatable bonds is 12. The molecule has 0 saturated carbocycles. The molecule has 1 atom stereocenters. The molecule has 0 saturated heterocycles. The summed E-state index contributed by atoms with van der Waals surface area (Å²) in [6, 6.07) is 24.1. The average molecular weight is 489 g/mol. The standard InChI is InChI=1S/C30H36N2O4/c1-22(2)19-31-30(34)28(18-24-11-6-5-7-12-24)32(20-25-13-9-8-10-23(25)3)29(33)21-36-27-16-14-26(35-4)15-17-27/h5-17,22,28H,18-21H2,1-4H3,(H,31,34)/t28-/m0/s1. The number of methoxy groups -OCH3 is 1. The largest absolute Gasteiger partial charge is 0.497 e. The first-order valence-corrected chi connectivity index (χ1v) is 12.3. The molecular weight excluding hydrogens is 452 g/mol. The van der Waals surface area contributed by atoms with Gasteiger partial charge in [-0.15, -0.1) is 0 Å². The molecule has 0 aliphatic carbocycles. The Hall–Kier alpha value is -3.80. The zero-order chi connectivity index (χ0) is 25.9. The van der Waals surface area contributed by atoms with Gasteiger partial charge in [0.15, 0.2) is 6.61 Å². The minimum Gasteiger partial charge on any atom is -0.497 e. The molecule has 3 aromatic carbocycles. The van der Waals surface area contributed by atoms with Gasteiger partial charge in [0.1, 0.15) is 17.5 Å². The Morgan fingerprint density at radius 1 is 0.889 bits per heavy atom. The second-order valence-electron chi connectivity index (χ2n) is 9.26. The number of carbonyl (C=O) groups is 2. The fraction of sp³-hybridized carbons (Fsp3) is 0.333. The van der Waals surface area contributed by atoms with Crippen LogP contribution in [0.3, 0.4) is 0 Å². The van der Waals surface area contributed by atoms with Gasteiger partial charge in [-0.3, -0.25) is 9.59 Å². The van der Waals surface area contributed by atoms with Crippen LogP contribution in [-0.4, -0.2) is 43.0 Å². The predicted molar refractivity (Wildman–Crippen MR) is 142 cm³/mol. The summed E-state index contributed by atoms with van der Waals surface area (Å²) in [5.74, 6) is 1.14. The molecule has 0 unspecified atom stereocenters. The van der Waals surface area contributed by atoms with Crippen LogP contribution in [0.4, 0.5) is 0 Å². The van der Waals surface area contributed by atoms with Crippen LogP contribution in [0, 0.1) is 12.8 Å². The molecular formula is C30H36N2O4. The molecule has 190 valence electrons. The molecule has 0 aromatic heterocycles. The minimum absolute atomic E-state index is 0.168. The third-order valence-corrected chi connectivity index (χ3v) is 5.98. The number of ether oxygens (including phenoxy) is 2. The molecule has 0 heterocycles. The van der Waals surface area contributed by atoms with Gasteiger partial charge in [0.2, 0.25) is 5.91 Å².